The van der Waals surface area contributed by atoms with Crippen LogP contribution in [0.15, 0.2) is 18.2 Å². The second-order valence-electron chi connectivity index (χ2n) is 8.96. The zero-order valence-electron chi connectivity index (χ0n) is 16.0. The van der Waals surface area contributed by atoms with Gasteiger partial charge in [-0.2, -0.15) is 0 Å². The molecular formula is C23H32N2O. The second-order valence-corrected chi connectivity index (χ2v) is 8.96. The maximum atomic E-state index is 13.3. The monoisotopic (exact) mass is 352 g/mol. The van der Waals surface area contributed by atoms with Crippen LogP contribution in [-0.2, 0) is 4.79 Å². The number of anilines is 1. The Hall–Kier alpha value is -1.51. The van der Waals surface area contributed by atoms with Gasteiger partial charge in [0.2, 0.25) is 5.91 Å². The third-order valence-corrected chi connectivity index (χ3v) is 7.43. The number of carbonyl (C=O) groups excluding carboxylic acids is 1. The van der Waals surface area contributed by atoms with Crippen LogP contribution in [0.25, 0.3) is 0 Å². The van der Waals surface area contributed by atoms with Crippen LogP contribution in [0.3, 0.4) is 0 Å². The van der Waals surface area contributed by atoms with E-state index in [9.17, 15) is 4.79 Å². The molecule has 1 saturated carbocycles. The summed E-state index contributed by atoms with van der Waals surface area (Å²) in [5, 5.41) is 0. The number of carbonyl (C=O) groups is 1. The van der Waals surface area contributed by atoms with Crippen molar-refractivity contribution in [2.24, 2.45) is 5.92 Å². The second kappa shape index (κ2) is 6.90. The average Bonchev–Trinajstić information content (AvgIpc) is 3.01. The lowest BCUT2D eigenvalue weighted by Crippen LogP contribution is -2.41. The molecule has 2 atom stereocenters. The van der Waals surface area contributed by atoms with Crippen molar-refractivity contribution < 1.29 is 4.79 Å². The Labute approximate surface area is 157 Å². The number of hydrogen-bond acceptors (Lipinski definition) is 2. The van der Waals surface area contributed by atoms with Crippen molar-refractivity contribution in [1.29, 1.82) is 0 Å². The minimum atomic E-state index is 0.301. The van der Waals surface area contributed by atoms with E-state index in [-0.39, 0.29) is 0 Å². The van der Waals surface area contributed by atoms with E-state index in [0.717, 1.165) is 32.2 Å². The molecule has 1 amide bonds. The van der Waals surface area contributed by atoms with Crippen molar-refractivity contribution in [3.63, 3.8) is 0 Å². The lowest BCUT2D eigenvalue weighted by molar-refractivity contribution is -0.140. The van der Waals surface area contributed by atoms with Gasteiger partial charge in [0.05, 0.1) is 6.04 Å². The van der Waals surface area contributed by atoms with Gasteiger partial charge in [-0.05, 0) is 74.1 Å². The molecule has 2 bridgehead atoms. The SMILES string of the molecule is O=C(C1CCCCC1)N1CCC2C[C@@H]1c1cc(N3CCCCC3)ccc12. The molecule has 0 N–H and O–H groups in total. The van der Waals surface area contributed by atoms with Gasteiger partial charge < -0.3 is 9.80 Å². The summed E-state index contributed by atoms with van der Waals surface area (Å²) in [6.45, 7) is 3.35. The van der Waals surface area contributed by atoms with Crippen LogP contribution in [0.2, 0.25) is 0 Å². The van der Waals surface area contributed by atoms with Crippen LogP contribution >= 0.6 is 0 Å². The predicted octanol–water partition coefficient (Wildman–Crippen LogP) is 5.02. The van der Waals surface area contributed by atoms with Crippen LogP contribution in [0, 0.1) is 5.92 Å². The molecule has 1 aromatic rings. The summed E-state index contributed by atoms with van der Waals surface area (Å²) >= 11 is 0. The molecule has 0 aromatic heterocycles. The van der Waals surface area contributed by atoms with Gasteiger partial charge in [0.25, 0.3) is 0 Å². The molecule has 5 rings (SSSR count). The van der Waals surface area contributed by atoms with Gasteiger partial charge in [-0.1, -0.05) is 25.3 Å². The van der Waals surface area contributed by atoms with Gasteiger partial charge in [-0.3, -0.25) is 4.79 Å². The van der Waals surface area contributed by atoms with Gasteiger partial charge in [0, 0.05) is 31.2 Å². The fourth-order valence-electron chi connectivity index (χ4n) is 5.96. The maximum absolute atomic E-state index is 13.3. The van der Waals surface area contributed by atoms with Crippen LogP contribution in [-0.4, -0.2) is 30.4 Å². The molecule has 26 heavy (non-hydrogen) atoms. The van der Waals surface area contributed by atoms with E-state index in [1.165, 1.54) is 68.4 Å². The van der Waals surface area contributed by atoms with Gasteiger partial charge in [0.1, 0.15) is 0 Å². The molecule has 3 fully saturated rings. The lowest BCUT2D eigenvalue weighted by atomic mass is 9.87. The van der Waals surface area contributed by atoms with Crippen molar-refractivity contribution in [2.45, 2.75) is 76.2 Å². The molecule has 3 nitrogen and oxygen atoms in total. The minimum Gasteiger partial charge on any atom is -0.372 e. The summed E-state index contributed by atoms with van der Waals surface area (Å²) in [4.78, 5) is 18.1. The molecule has 1 unspecified atom stereocenters. The fraction of sp³-hybridized carbons (Fsp3) is 0.696. The fourth-order valence-corrected chi connectivity index (χ4v) is 5.96. The molecule has 3 heteroatoms. The smallest absolute Gasteiger partial charge is 0.226 e. The van der Waals surface area contributed by atoms with E-state index in [4.69, 9.17) is 0 Å². The molecule has 2 aliphatic heterocycles. The average molecular weight is 353 g/mol. The Kier molecular flexibility index (Phi) is 4.42. The van der Waals surface area contributed by atoms with E-state index >= 15 is 0 Å². The van der Waals surface area contributed by atoms with Crippen molar-refractivity contribution in [1.82, 2.24) is 4.90 Å². The van der Waals surface area contributed by atoms with Crippen molar-refractivity contribution in [2.75, 3.05) is 24.5 Å². The summed E-state index contributed by atoms with van der Waals surface area (Å²) < 4.78 is 0. The Morgan fingerprint density at radius 3 is 2.42 bits per heavy atom. The first-order valence-corrected chi connectivity index (χ1v) is 11.0. The highest BCUT2D eigenvalue weighted by Gasteiger charge is 2.42. The van der Waals surface area contributed by atoms with Gasteiger partial charge >= 0.3 is 0 Å². The van der Waals surface area contributed by atoms with Crippen LogP contribution < -0.4 is 4.90 Å². The summed E-state index contributed by atoms with van der Waals surface area (Å²) in [6.07, 6.45) is 12.4. The Morgan fingerprint density at radius 1 is 0.846 bits per heavy atom. The van der Waals surface area contributed by atoms with E-state index in [0.29, 0.717) is 23.8 Å². The quantitative estimate of drug-likeness (QED) is 0.746. The van der Waals surface area contributed by atoms with Crippen LogP contribution in [0.5, 0.6) is 0 Å². The molecule has 0 radical (unpaired) electrons. The number of nitrogens with zero attached hydrogens (tertiary/aromatic N) is 2. The number of amides is 1. The normalized spacial score (nSPS) is 28.9. The largest absolute Gasteiger partial charge is 0.372 e. The number of benzene rings is 1. The van der Waals surface area contributed by atoms with E-state index < -0.39 is 0 Å². The highest BCUT2D eigenvalue weighted by molar-refractivity contribution is 5.80. The van der Waals surface area contributed by atoms with Crippen molar-refractivity contribution in [3.05, 3.63) is 29.3 Å². The number of fused-ring (bicyclic) bond motifs is 5. The zero-order valence-corrected chi connectivity index (χ0v) is 16.0. The highest BCUT2D eigenvalue weighted by Crippen LogP contribution is 2.50. The van der Waals surface area contributed by atoms with Crippen molar-refractivity contribution >= 4 is 11.6 Å². The maximum Gasteiger partial charge on any atom is 0.226 e. The number of piperidine rings is 2. The van der Waals surface area contributed by atoms with E-state index in [1.807, 2.05) is 0 Å². The van der Waals surface area contributed by atoms with Gasteiger partial charge in [-0.15, -0.1) is 0 Å². The molecule has 2 heterocycles. The highest BCUT2D eigenvalue weighted by atomic mass is 16.2. The Bertz CT molecular complexity index is 673. The summed E-state index contributed by atoms with van der Waals surface area (Å²) in [5.41, 5.74) is 4.40. The van der Waals surface area contributed by atoms with Gasteiger partial charge in [0.15, 0.2) is 0 Å². The lowest BCUT2D eigenvalue weighted by Gasteiger charge is -2.37. The molecule has 2 saturated heterocycles. The van der Waals surface area contributed by atoms with Crippen LogP contribution in [0.4, 0.5) is 5.69 Å². The summed E-state index contributed by atoms with van der Waals surface area (Å²) in [7, 11) is 0. The number of likely N-dealkylation sites (tertiary alicyclic amines) is 1. The third-order valence-electron chi connectivity index (χ3n) is 7.43. The molecule has 0 spiro atoms. The van der Waals surface area contributed by atoms with E-state index in [2.05, 4.69) is 28.0 Å². The van der Waals surface area contributed by atoms with Crippen molar-refractivity contribution in [3.8, 4) is 0 Å². The Balaban J connectivity index is 1.41. The first kappa shape index (κ1) is 16.6. The molecular weight excluding hydrogens is 320 g/mol. The Morgan fingerprint density at radius 2 is 1.62 bits per heavy atom. The van der Waals surface area contributed by atoms with Crippen LogP contribution in [0.1, 0.15) is 87.3 Å². The van der Waals surface area contributed by atoms with E-state index in [1.54, 1.807) is 0 Å². The minimum absolute atomic E-state index is 0.301. The summed E-state index contributed by atoms with van der Waals surface area (Å²) in [5.74, 6) is 1.44. The number of hydrogen-bond donors (Lipinski definition) is 0. The molecule has 1 aromatic carbocycles. The molecule has 4 aliphatic rings. The first-order chi connectivity index (χ1) is 12.8. The molecule has 2 aliphatic carbocycles. The predicted molar refractivity (Wildman–Crippen MR) is 106 cm³/mol. The summed E-state index contributed by atoms with van der Waals surface area (Å²) in [6, 6.07) is 7.52. The topological polar surface area (TPSA) is 23.6 Å². The standard InChI is InChI=1S/C23H32N2O/c26-23(17-7-3-1-4-8-17)25-14-11-18-15-22(25)21-16-19(9-10-20(18)21)24-12-5-2-6-13-24/h9-10,16-18,22H,1-8,11-15H2/t18?,22-/m1/s1. The van der Waals surface area contributed by atoms with Gasteiger partial charge in [-0.25, -0.2) is 0 Å². The third kappa shape index (κ3) is 2.84. The first-order valence-electron chi connectivity index (χ1n) is 11.0. The number of rotatable bonds is 2. The molecule has 140 valence electrons. The zero-order chi connectivity index (χ0) is 17.5.